The molecule has 5 heteroatoms. The van der Waals surface area contributed by atoms with E-state index in [2.05, 4.69) is 4.98 Å². The zero-order valence-corrected chi connectivity index (χ0v) is 8.26. The first-order chi connectivity index (χ1) is 6.58. The van der Waals surface area contributed by atoms with E-state index in [1.165, 1.54) is 23.5 Å². The molecule has 3 N–H and O–H groups in total. The van der Waals surface area contributed by atoms with Gasteiger partial charge in [0.15, 0.2) is 0 Å². The Morgan fingerprint density at radius 3 is 2.93 bits per heavy atom. The minimum Gasteiger partial charge on any atom is -0.478 e. The summed E-state index contributed by atoms with van der Waals surface area (Å²) in [6, 6.07) is 3.00. The third-order valence-corrected chi connectivity index (χ3v) is 2.91. The number of thiazole rings is 1. The van der Waals surface area contributed by atoms with Crippen LogP contribution in [0, 0.1) is 6.92 Å². The van der Waals surface area contributed by atoms with Crippen molar-refractivity contribution < 1.29 is 9.90 Å². The second kappa shape index (κ2) is 2.95. The Labute approximate surface area is 84.0 Å². The fourth-order valence-electron chi connectivity index (χ4n) is 1.29. The topological polar surface area (TPSA) is 76.2 Å². The van der Waals surface area contributed by atoms with E-state index in [9.17, 15) is 4.79 Å². The molecule has 0 aliphatic heterocycles. The molecule has 0 fully saturated rings. The third kappa shape index (κ3) is 1.31. The molecule has 0 amide bonds. The molecule has 0 aliphatic rings. The van der Waals surface area contributed by atoms with Crippen LogP contribution in [0.3, 0.4) is 0 Å². The number of rotatable bonds is 1. The summed E-state index contributed by atoms with van der Waals surface area (Å²) >= 11 is 1.47. The van der Waals surface area contributed by atoms with Gasteiger partial charge in [-0.25, -0.2) is 9.78 Å². The lowest BCUT2D eigenvalue weighted by Gasteiger charge is -1.97. The smallest absolute Gasteiger partial charge is 0.335 e. The number of anilines is 1. The molecule has 2 aromatic rings. The molecule has 1 aromatic carbocycles. The van der Waals surface area contributed by atoms with Crippen molar-refractivity contribution in [2.24, 2.45) is 0 Å². The fraction of sp³-hybridized carbons (Fsp3) is 0.111. The Morgan fingerprint density at radius 2 is 2.29 bits per heavy atom. The number of benzene rings is 1. The van der Waals surface area contributed by atoms with Crippen LogP contribution in [0.25, 0.3) is 10.2 Å². The number of carboxylic acid groups (broad SMARTS) is 1. The highest BCUT2D eigenvalue weighted by molar-refractivity contribution is 7.19. The maximum absolute atomic E-state index is 10.7. The molecular weight excluding hydrogens is 200 g/mol. The standard InChI is InChI=1S/C9H8N2O2S/c1-4-11-7-3-5(9(12)13)2-6(10)8(7)14-4/h2-3H,10H2,1H3,(H,12,13). The number of carbonyl (C=O) groups is 1. The fourth-order valence-corrected chi connectivity index (χ4v) is 2.12. The van der Waals surface area contributed by atoms with Gasteiger partial charge in [0.05, 0.1) is 26.5 Å². The second-order valence-electron chi connectivity index (χ2n) is 2.95. The number of hydrogen-bond donors (Lipinski definition) is 2. The van der Waals surface area contributed by atoms with Gasteiger partial charge in [0.25, 0.3) is 0 Å². The molecule has 0 saturated heterocycles. The average molecular weight is 208 g/mol. The number of nitrogens with zero attached hydrogens (tertiary/aromatic N) is 1. The molecule has 0 aliphatic carbocycles. The lowest BCUT2D eigenvalue weighted by atomic mass is 10.2. The van der Waals surface area contributed by atoms with E-state index in [4.69, 9.17) is 10.8 Å². The Bertz CT molecular complexity index is 519. The number of nitrogen functional groups attached to an aromatic ring is 1. The average Bonchev–Trinajstić information content (AvgIpc) is 2.45. The third-order valence-electron chi connectivity index (χ3n) is 1.87. The van der Waals surface area contributed by atoms with E-state index in [-0.39, 0.29) is 5.56 Å². The number of hydrogen-bond acceptors (Lipinski definition) is 4. The predicted molar refractivity (Wildman–Crippen MR) is 55.7 cm³/mol. The molecule has 1 aromatic heterocycles. The van der Waals surface area contributed by atoms with Crippen LogP contribution in [0.15, 0.2) is 12.1 Å². The highest BCUT2D eigenvalue weighted by Crippen LogP contribution is 2.28. The largest absolute Gasteiger partial charge is 0.478 e. The number of aromatic nitrogens is 1. The summed E-state index contributed by atoms with van der Waals surface area (Å²) in [6.45, 7) is 1.87. The van der Waals surface area contributed by atoms with Gasteiger partial charge in [0, 0.05) is 0 Å². The Balaban J connectivity index is 2.77. The van der Waals surface area contributed by atoms with Crippen molar-refractivity contribution in [1.82, 2.24) is 4.98 Å². The van der Waals surface area contributed by atoms with Crippen LogP contribution in [0.5, 0.6) is 0 Å². The zero-order valence-electron chi connectivity index (χ0n) is 7.44. The lowest BCUT2D eigenvalue weighted by molar-refractivity contribution is 0.0697. The van der Waals surface area contributed by atoms with Crippen molar-refractivity contribution in [2.45, 2.75) is 6.92 Å². The van der Waals surface area contributed by atoms with E-state index in [0.717, 1.165) is 9.71 Å². The van der Waals surface area contributed by atoms with Crippen LogP contribution in [-0.4, -0.2) is 16.1 Å². The maximum atomic E-state index is 10.7. The number of nitrogens with two attached hydrogens (primary N) is 1. The van der Waals surface area contributed by atoms with Crippen LogP contribution in [0.1, 0.15) is 15.4 Å². The predicted octanol–water partition coefficient (Wildman–Crippen LogP) is 1.89. The minimum absolute atomic E-state index is 0.181. The number of aryl methyl sites for hydroxylation is 1. The van der Waals surface area contributed by atoms with Gasteiger partial charge < -0.3 is 10.8 Å². The van der Waals surface area contributed by atoms with Gasteiger partial charge in [-0.1, -0.05) is 0 Å². The molecule has 0 bridgehead atoms. The minimum atomic E-state index is -0.982. The Hall–Kier alpha value is -1.62. The van der Waals surface area contributed by atoms with Crippen molar-refractivity contribution in [3.05, 3.63) is 22.7 Å². The molecule has 0 radical (unpaired) electrons. The van der Waals surface area contributed by atoms with Gasteiger partial charge in [0.2, 0.25) is 0 Å². The van der Waals surface area contributed by atoms with Crippen molar-refractivity contribution in [3.8, 4) is 0 Å². The molecule has 0 atom stereocenters. The second-order valence-corrected chi connectivity index (χ2v) is 4.15. The summed E-state index contributed by atoms with van der Waals surface area (Å²) in [5, 5.41) is 9.68. The maximum Gasteiger partial charge on any atom is 0.335 e. The van der Waals surface area contributed by atoms with E-state index in [1.54, 1.807) is 0 Å². The zero-order chi connectivity index (χ0) is 10.3. The van der Waals surface area contributed by atoms with Crippen LogP contribution >= 0.6 is 11.3 Å². The first-order valence-electron chi connectivity index (χ1n) is 3.98. The molecular formula is C9H8N2O2S. The summed E-state index contributed by atoms with van der Waals surface area (Å²) in [4.78, 5) is 14.9. The Kier molecular flexibility index (Phi) is 1.89. The van der Waals surface area contributed by atoms with E-state index >= 15 is 0 Å². The normalized spacial score (nSPS) is 10.6. The van der Waals surface area contributed by atoms with Gasteiger partial charge in [-0.15, -0.1) is 11.3 Å². The molecule has 0 unspecified atom stereocenters. The SMILES string of the molecule is Cc1nc2cc(C(=O)O)cc(N)c2s1. The number of fused-ring (bicyclic) bond motifs is 1. The van der Waals surface area contributed by atoms with Gasteiger partial charge >= 0.3 is 5.97 Å². The van der Waals surface area contributed by atoms with Crippen molar-refractivity contribution in [3.63, 3.8) is 0 Å². The molecule has 2 rings (SSSR count). The van der Waals surface area contributed by atoms with Crippen LogP contribution in [0.2, 0.25) is 0 Å². The van der Waals surface area contributed by atoms with Crippen molar-refractivity contribution in [1.29, 1.82) is 0 Å². The summed E-state index contributed by atoms with van der Waals surface area (Å²) in [5.41, 5.74) is 7.03. The van der Waals surface area contributed by atoms with E-state index < -0.39 is 5.97 Å². The highest BCUT2D eigenvalue weighted by atomic mass is 32.1. The summed E-state index contributed by atoms with van der Waals surface area (Å²) in [7, 11) is 0. The van der Waals surface area contributed by atoms with Crippen molar-refractivity contribution >= 4 is 33.2 Å². The summed E-state index contributed by atoms with van der Waals surface area (Å²) < 4.78 is 0.854. The van der Waals surface area contributed by atoms with Gasteiger partial charge in [-0.05, 0) is 19.1 Å². The lowest BCUT2D eigenvalue weighted by Crippen LogP contribution is -1.97. The summed E-state index contributed by atoms with van der Waals surface area (Å²) in [6.07, 6.45) is 0. The van der Waals surface area contributed by atoms with Crippen molar-refractivity contribution in [2.75, 3.05) is 5.73 Å². The summed E-state index contributed by atoms with van der Waals surface area (Å²) in [5.74, 6) is -0.982. The molecule has 1 heterocycles. The van der Waals surface area contributed by atoms with Crippen LogP contribution in [0.4, 0.5) is 5.69 Å². The quantitative estimate of drug-likeness (QED) is 0.701. The number of aromatic carboxylic acids is 1. The van der Waals surface area contributed by atoms with E-state index in [1.807, 2.05) is 6.92 Å². The van der Waals surface area contributed by atoms with Crippen LogP contribution < -0.4 is 5.73 Å². The monoisotopic (exact) mass is 208 g/mol. The first-order valence-corrected chi connectivity index (χ1v) is 4.79. The molecule has 4 nitrogen and oxygen atoms in total. The van der Waals surface area contributed by atoms with E-state index in [0.29, 0.717) is 11.2 Å². The highest BCUT2D eigenvalue weighted by Gasteiger charge is 2.10. The van der Waals surface area contributed by atoms with Gasteiger partial charge in [-0.2, -0.15) is 0 Å². The van der Waals surface area contributed by atoms with Gasteiger partial charge in [-0.3, -0.25) is 0 Å². The Morgan fingerprint density at radius 1 is 1.57 bits per heavy atom. The number of carboxylic acids is 1. The first kappa shape index (κ1) is 8.96. The van der Waals surface area contributed by atoms with Gasteiger partial charge in [0.1, 0.15) is 0 Å². The molecule has 0 saturated carbocycles. The molecule has 72 valence electrons. The molecule has 0 spiro atoms. The molecule has 14 heavy (non-hydrogen) atoms. The van der Waals surface area contributed by atoms with Crippen LogP contribution in [-0.2, 0) is 0 Å².